The van der Waals surface area contributed by atoms with Crippen LogP contribution in [0, 0.1) is 0 Å². The second kappa shape index (κ2) is 4.97. The standard InChI is InChI=1S/C15H15N3O3/c1-9(14-12(19)8-18(2)17-14)16-15(20)11-4-3-10-5-6-21-13(10)7-11/h3-9,19H,1-2H3,(H,16,20). The summed E-state index contributed by atoms with van der Waals surface area (Å²) in [6.07, 6.45) is 3.08. The largest absolute Gasteiger partial charge is 0.504 e. The van der Waals surface area contributed by atoms with E-state index in [2.05, 4.69) is 10.4 Å². The summed E-state index contributed by atoms with van der Waals surface area (Å²) >= 11 is 0. The van der Waals surface area contributed by atoms with Crippen molar-refractivity contribution in [2.75, 3.05) is 0 Å². The number of aromatic hydroxyl groups is 1. The highest BCUT2D eigenvalue weighted by Crippen LogP contribution is 2.22. The first-order valence-electron chi connectivity index (χ1n) is 6.55. The summed E-state index contributed by atoms with van der Waals surface area (Å²) in [5.41, 5.74) is 1.60. The van der Waals surface area contributed by atoms with Gasteiger partial charge in [0.15, 0.2) is 5.75 Å². The molecule has 2 N–H and O–H groups in total. The van der Waals surface area contributed by atoms with E-state index in [-0.39, 0.29) is 11.7 Å². The van der Waals surface area contributed by atoms with E-state index < -0.39 is 6.04 Å². The summed E-state index contributed by atoms with van der Waals surface area (Å²) < 4.78 is 6.79. The van der Waals surface area contributed by atoms with E-state index in [4.69, 9.17) is 4.42 Å². The lowest BCUT2D eigenvalue weighted by Crippen LogP contribution is -2.27. The van der Waals surface area contributed by atoms with Crippen molar-refractivity contribution in [2.45, 2.75) is 13.0 Å². The molecule has 3 rings (SSSR count). The first-order chi connectivity index (χ1) is 10.0. The minimum absolute atomic E-state index is 0.0618. The highest BCUT2D eigenvalue weighted by molar-refractivity contribution is 5.97. The molecule has 0 bridgehead atoms. The Balaban J connectivity index is 1.80. The number of benzene rings is 1. The van der Waals surface area contributed by atoms with Gasteiger partial charge in [-0.2, -0.15) is 5.10 Å². The van der Waals surface area contributed by atoms with Crippen molar-refractivity contribution in [1.82, 2.24) is 15.1 Å². The Kier molecular flexibility index (Phi) is 3.13. The molecule has 0 saturated carbocycles. The van der Waals surface area contributed by atoms with Crippen LogP contribution >= 0.6 is 0 Å². The number of hydrogen-bond acceptors (Lipinski definition) is 4. The topological polar surface area (TPSA) is 80.3 Å². The lowest BCUT2D eigenvalue weighted by Gasteiger charge is -2.12. The number of nitrogens with zero attached hydrogens (tertiary/aromatic N) is 2. The SMILES string of the molecule is CC(NC(=O)c1ccc2ccoc2c1)c1nn(C)cc1O. The van der Waals surface area contributed by atoms with Crippen molar-refractivity contribution in [1.29, 1.82) is 0 Å². The number of fused-ring (bicyclic) bond motifs is 1. The zero-order chi connectivity index (χ0) is 15.0. The number of aryl methyl sites for hydroxylation is 1. The molecule has 0 saturated heterocycles. The Labute approximate surface area is 121 Å². The van der Waals surface area contributed by atoms with E-state index >= 15 is 0 Å². The monoisotopic (exact) mass is 285 g/mol. The van der Waals surface area contributed by atoms with Crippen LogP contribution in [0.25, 0.3) is 11.0 Å². The van der Waals surface area contributed by atoms with Gasteiger partial charge in [0.25, 0.3) is 5.91 Å². The summed E-state index contributed by atoms with van der Waals surface area (Å²) in [5, 5.41) is 17.6. The van der Waals surface area contributed by atoms with Crippen molar-refractivity contribution in [3.8, 4) is 5.75 Å². The fourth-order valence-corrected chi connectivity index (χ4v) is 2.25. The van der Waals surface area contributed by atoms with Crippen LogP contribution in [0.1, 0.15) is 29.0 Å². The van der Waals surface area contributed by atoms with E-state index in [1.54, 1.807) is 32.4 Å². The first-order valence-corrected chi connectivity index (χ1v) is 6.55. The molecule has 0 radical (unpaired) electrons. The van der Waals surface area contributed by atoms with Crippen LogP contribution in [0.15, 0.2) is 41.1 Å². The molecule has 0 aliphatic heterocycles. The van der Waals surface area contributed by atoms with Crippen molar-refractivity contribution >= 4 is 16.9 Å². The number of carbonyl (C=O) groups excluding carboxylic acids is 1. The summed E-state index contributed by atoms with van der Waals surface area (Å²) in [6.45, 7) is 1.77. The third kappa shape index (κ3) is 2.47. The molecule has 1 aromatic carbocycles. The van der Waals surface area contributed by atoms with Gasteiger partial charge in [-0.05, 0) is 25.1 Å². The molecule has 2 heterocycles. The van der Waals surface area contributed by atoms with Gasteiger partial charge in [-0.1, -0.05) is 6.07 Å². The lowest BCUT2D eigenvalue weighted by atomic mass is 10.1. The second-order valence-electron chi connectivity index (χ2n) is 4.94. The molecule has 3 aromatic rings. The van der Waals surface area contributed by atoms with Crippen molar-refractivity contribution in [3.63, 3.8) is 0 Å². The molecule has 0 aliphatic carbocycles. The normalized spacial score (nSPS) is 12.5. The maximum Gasteiger partial charge on any atom is 0.251 e. The average molecular weight is 285 g/mol. The van der Waals surface area contributed by atoms with E-state index in [9.17, 15) is 9.90 Å². The van der Waals surface area contributed by atoms with Crippen molar-refractivity contribution in [3.05, 3.63) is 48.0 Å². The molecular weight excluding hydrogens is 270 g/mol. The van der Waals surface area contributed by atoms with Crippen LogP contribution in [-0.2, 0) is 7.05 Å². The molecule has 0 fully saturated rings. The zero-order valence-electron chi connectivity index (χ0n) is 11.7. The summed E-state index contributed by atoms with van der Waals surface area (Å²) in [6, 6.07) is 6.70. The van der Waals surface area contributed by atoms with E-state index in [0.717, 1.165) is 5.39 Å². The number of hydrogen-bond donors (Lipinski definition) is 2. The summed E-state index contributed by atoms with van der Waals surface area (Å²) in [5.74, 6) is -0.183. The van der Waals surface area contributed by atoms with Crippen molar-refractivity contribution in [2.24, 2.45) is 7.05 Å². The maximum atomic E-state index is 12.2. The fraction of sp³-hybridized carbons (Fsp3) is 0.200. The Morgan fingerprint density at radius 1 is 1.43 bits per heavy atom. The highest BCUT2D eigenvalue weighted by Gasteiger charge is 2.18. The Morgan fingerprint density at radius 3 is 2.95 bits per heavy atom. The van der Waals surface area contributed by atoms with E-state index in [1.165, 1.54) is 10.9 Å². The lowest BCUT2D eigenvalue weighted by molar-refractivity contribution is 0.0938. The van der Waals surface area contributed by atoms with Gasteiger partial charge in [-0.15, -0.1) is 0 Å². The Bertz CT molecular complexity index is 803. The van der Waals surface area contributed by atoms with Gasteiger partial charge >= 0.3 is 0 Å². The van der Waals surface area contributed by atoms with Gasteiger partial charge in [0.05, 0.1) is 18.5 Å². The van der Waals surface area contributed by atoms with Crippen LogP contribution in [0.5, 0.6) is 5.75 Å². The number of aromatic nitrogens is 2. The van der Waals surface area contributed by atoms with Gasteiger partial charge in [-0.25, -0.2) is 0 Å². The number of nitrogens with one attached hydrogen (secondary N) is 1. The molecule has 21 heavy (non-hydrogen) atoms. The minimum Gasteiger partial charge on any atom is -0.504 e. The molecular formula is C15H15N3O3. The predicted molar refractivity (Wildman–Crippen MR) is 77.0 cm³/mol. The van der Waals surface area contributed by atoms with Crippen molar-refractivity contribution < 1.29 is 14.3 Å². The predicted octanol–water partition coefficient (Wildman–Crippen LogP) is 2.36. The minimum atomic E-state index is -0.397. The van der Waals surface area contributed by atoms with Gasteiger partial charge in [0.2, 0.25) is 0 Å². The van der Waals surface area contributed by atoms with E-state index in [1.807, 2.05) is 12.1 Å². The average Bonchev–Trinajstić information content (AvgIpc) is 3.03. The molecule has 0 spiro atoms. The van der Waals surface area contributed by atoms with Gasteiger partial charge in [0, 0.05) is 18.0 Å². The van der Waals surface area contributed by atoms with Crippen LogP contribution in [0.4, 0.5) is 0 Å². The van der Waals surface area contributed by atoms with Gasteiger partial charge in [-0.3, -0.25) is 9.48 Å². The third-order valence-electron chi connectivity index (χ3n) is 3.31. The first kappa shape index (κ1) is 13.2. The van der Waals surface area contributed by atoms with Crippen LogP contribution in [0.3, 0.4) is 0 Å². The number of carbonyl (C=O) groups is 1. The third-order valence-corrected chi connectivity index (χ3v) is 3.31. The Hall–Kier alpha value is -2.76. The maximum absolute atomic E-state index is 12.2. The number of rotatable bonds is 3. The quantitative estimate of drug-likeness (QED) is 0.774. The molecule has 0 aliphatic rings. The highest BCUT2D eigenvalue weighted by atomic mass is 16.3. The van der Waals surface area contributed by atoms with Gasteiger partial charge in [0.1, 0.15) is 11.3 Å². The molecule has 6 heteroatoms. The molecule has 6 nitrogen and oxygen atoms in total. The van der Waals surface area contributed by atoms with E-state index in [0.29, 0.717) is 16.8 Å². The molecule has 1 unspecified atom stereocenters. The smallest absolute Gasteiger partial charge is 0.251 e. The number of amides is 1. The zero-order valence-corrected chi connectivity index (χ0v) is 11.7. The molecule has 1 amide bonds. The van der Waals surface area contributed by atoms with Crippen LogP contribution < -0.4 is 5.32 Å². The summed E-state index contributed by atoms with van der Waals surface area (Å²) in [4.78, 5) is 12.2. The molecule has 1 atom stereocenters. The number of furan rings is 1. The molecule has 2 aromatic heterocycles. The van der Waals surface area contributed by atoms with Gasteiger partial charge < -0.3 is 14.8 Å². The summed E-state index contributed by atoms with van der Waals surface area (Å²) in [7, 11) is 1.71. The van der Waals surface area contributed by atoms with Crippen LogP contribution in [0.2, 0.25) is 0 Å². The van der Waals surface area contributed by atoms with Crippen LogP contribution in [-0.4, -0.2) is 20.8 Å². The second-order valence-corrected chi connectivity index (χ2v) is 4.94. The Morgan fingerprint density at radius 2 is 2.24 bits per heavy atom. The fourth-order valence-electron chi connectivity index (χ4n) is 2.25. The molecule has 108 valence electrons.